The molecule has 14 heavy (non-hydrogen) atoms. The van der Waals surface area contributed by atoms with Crippen LogP contribution in [0.25, 0.3) is 11.0 Å². The van der Waals surface area contributed by atoms with E-state index >= 15 is 0 Å². The van der Waals surface area contributed by atoms with Gasteiger partial charge in [0.1, 0.15) is 5.52 Å². The number of aryl methyl sites for hydroxylation is 1. The Labute approximate surface area is 81.6 Å². The van der Waals surface area contributed by atoms with Crippen molar-refractivity contribution in [3.63, 3.8) is 0 Å². The van der Waals surface area contributed by atoms with E-state index in [1.54, 1.807) is 0 Å². The number of carbonyl (C=O) groups is 1. The third-order valence-electron chi connectivity index (χ3n) is 1.74. The molecule has 0 aliphatic rings. The average molecular weight is 211 g/mol. The monoisotopic (exact) mass is 211 g/mol. The van der Waals surface area contributed by atoms with Gasteiger partial charge in [-0.2, -0.15) is 4.37 Å². The van der Waals surface area contributed by atoms with Gasteiger partial charge in [-0.3, -0.25) is 4.79 Å². The van der Waals surface area contributed by atoms with Crippen molar-refractivity contribution >= 4 is 28.5 Å². The highest BCUT2D eigenvalue weighted by Gasteiger charge is 2.16. The summed E-state index contributed by atoms with van der Waals surface area (Å²) in [6.45, 7) is 0. The van der Waals surface area contributed by atoms with E-state index in [0.29, 0.717) is 0 Å². The second kappa shape index (κ2) is 2.88. The van der Waals surface area contributed by atoms with E-state index in [4.69, 9.17) is 5.11 Å². The van der Waals surface area contributed by atoms with Crippen LogP contribution in [0.15, 0.2) is 11.1 Å². The molecule has 0 saturated heterocycles. The Bertz CT molecular complexity index is 571. The molecule has 7 heteroatoms. The molecule has 0 aromatic carbocycles. The minimum Gasteiger partial charge on any atom is -0.477 e. The molecule has 0 unspecified atom stereocenters. The van der Waals surface area contributed by atoms with E-state index in [1.807, 2.05) is 0 Å². The van der Waals surface area contributed by atoms with Gasteiger partial charge >= 0.3 is 5.97 Å². The molecule has 2 aromatic rings. The summed E-state index contributed by atoms with van der Waals surface area (Å²) >= 11 is 0.768. The molecule has 0 aliphatic carbocycles. The lowest BCUT2D eigenvalue weighted by molar-refractivity contribution is 0.0704. The first kappa shape index (κ1) is 8.82. The standard InChI is InChI=1S/C7H5N3O3S/c1-10-2-8-3-4(6(10)11)9-14-5(3)7(12)13/h2H,1H3,(H,12,13). The molecule has 0 saturated carbocycles. The quantitative estimate of drug-likeness (QED) is 0.722. The molecule has 2 aromatic heterocycles. The van der Waals surface area contributed by atoms with Crippen molar-refractivity contribution in [2.75, 3.05) is 0 Å². The van der Waals surface area contributed by atoms with Gasteiger partial charge in [-0.15, -0.1) is 0 Å². The van der Waals surface area contributed by atoms with Gasteiger partial charge in [0, 0.05) is 7.05 Å². The second-order valence-electron chi connectivity index (χ2n) is 2.67. The van der Waals surface area contributed by atoms with Crippen molar-refractivity contribution in [2.24, 2.45) is 7.05 Å². The Kier molecular flexibility index (Phi) is 1.81. The van der Waals surface area contributed by atoms with E-state index in [9.17, 15) is 9.59 Å². The van der Waals surface area contributed by atoms with Crippen LogP contribution in [0.4, 0.5) is 0 Å². The maximum Gasteiger partial charge on any atom is 0.349 e. The largest absolute Gasteiger partial charge is 0.477 e. The number of rotatable bonds is 1. The van der Waals surface area contributed by atoms with Crippen molar-refractivity contribution < 1.29 is 9.90 Å². The van der Waals surface area contributed by atoms with Crippen molar-refractivity contribution in [1.82, 2.24) is 13.9 Å². The van der Waals surface area contributed by atoms with Gasteiger partial charge < -0.3 is 9.67 Å². The van der Waals surface area contributed by atoms with Crippen LogP contribution >= 0.6 is 11.5 Å². The predicted octanol–water partition coefficient (Wildman–Crippen LogP) is 0.0882. The zero-order valence-corrected chi connectivity index (χ0v) is 7.91. The molecule has 0 bridgehead atoms. The molecule has 0 amide bonds. The Hall–Kier alpha value is -1.76. The molecule has 1 N–H and O–H groups in total. The molecule has 2 rings (SSSR count). The fraction of sp³-hybridized carbons (Fsp3) is 0.143. The van der Waals surface area contributed by atoms with Gasteiger partial charge in [0.05, 0.1) is 6.33 Å². The highest BCUT2D eigenvalue weighted by atomic mass is 32.1. The summed E-state index contributed by atoms with van der Waals surface area (Å²) < 4.78 is 5.02. The van der Waals surface area contributed by atoms with Gasteiger partial charge in [0.2, 0.25) is 0 Å². The van der Waals surface area contributed by atoms with Crippen LogP contribution in [0.1, 0.15) is 9.67 Å². The third kappa shape index (κ3) is 1.10. The number of aromatic nitrogens is 3. The number of aromatic carboxylic acids is 1. The van der Waals surface area contributed by atoms with Crippen LogP contribution in [-0.2, 0) is 7.05 Å². The minimum absolute atomic E-state index is 0.00213. The zero-order chi connectivity index (χ0) is 10.3. The molecule has 72 valence electrons. The van der Waals surface area contributed by atoms with Crippen LogP contribution < -0.4 is 5.56 Å². The highest BCUT2D eigenvalue weighted by molar-refractivity contribution is 7.09. The first-order valence-electron chi connectivity index (χ1n) is 3.65. The first-order chi connectivity index (χ1) is 6.61. The van der Waals surface area contributed by atoms with Gasteiger partial charge in [-0.05, 0) is 11.5 Å². The van der Waals surface area contributed by atoms with Crippen LogP contribution in [0.5, 0.6) is 0 Å². The fourth-order valence-electron chi connectivity index (χ4n) is 1.05. The Morgan fingerprint density at radius 2 is 2.29 bits per heavy atom. The summed E-state index contributed by atoms with van der Waals surface area (Å²) in [5, 5.41) is 8.75. The summed E-state index contributed by atoms with van der Waals surface area (Å²) in [4.78, 5) is 26.0. The summed E-state index contributed by atoms with van der Waals surface area (Å²) in [5.74, 6) is -1.11. The normalized spacial score (nSPS) is 10.6. The van der Waals surface area contributed by atoms with Crippen LogP contribution in [0.3, 0.4) is 0 Å². The van der Waals surface area contributed by atoms with Crippen LogP contribution in [-0.4, -0.2) is 25.0 Å². The van der Waals surface area contributed by atoms with E-state index in [-0.39, 0.29) is 21.5 Å². The van der Waals surface area contributed by atoms with Gasteiger partial charge in [-0.1, -0.05) is 0 Å². The van der Waals surface area contributed by atoms with Gasteiger partial charge in [-0.25, -0.2) is 9.78 Å². The molecule has 0 atom stereocenters. The van der Waals surface area contributed by atoms with Crippen molar-refractivity contribution in [3.05, 3.63) is 21.6 Å². The van der Waals surface area contributed by atoms with E-state index in [2.05, 4.69) is 9.36 Å². The van der Waals surface area contributed by atoms with Crippen molar-refractivity contribution in [3.8, 4) is 0 Å². The number of carboxylic acid groups (broad SMARTS) is 1. The number of hydrogen-bond donors (Lipinski definition) is 1. The topological polar surface area (TPSA) is 85.1 Å². The second-order valence-corrected chi connectivity index (χ2v) is 3.45. The lowest BCUT2D eigenvalue weighted by Crippen LogP contribution is -2.17. The Morgan fingerprint density at radius 1 is 1.57 bits per heavy atom. The van der Waals surface area contributed by atoms with Crippen LogP contribution in [0.2, 0.25) is 0 Å². The van der Waals surface area contributed by atoms with E-state index < -0.39 is 5.97 Å². The molecular weight excluding hydrogens is 206 g/mol. The maximum absolute atomic E-state index is 11.4. The van der Waals surface area contributed by atoms with Crippen molar-refractivity contribution in [1.29, 1.82) is 0 Å². The lowest BCUT2D eigenvalue weighted by Gasteiger charge is -1.94. The summed E-state index contributed by atoms with van der Waals surface area (Å²) in [7, 11) is 1.54. The Morgan fingerprint density at radius 3 is 2.93 bits per heavy atom. The number of carboxylic acids is 1. The molecular formula is C7H5N3O3S. The molecule has 0 radical (unpaired) electrons. The molecule has 0 fully saturated rings. The Balaban J connectivity index is 2.91. The lowest BCUT2D eigenvalue weighted by atomic mass is 10.4. The summed E-state index contributed by atoms with van der Waals surface area (Å²) in [5.41, 5.74) is -0.0678. The molecule has 0 aliphatic heterocycles. The zero-order valence-electron chi connectivity index (χ0n) is 7.09. The molecule has 2 heterocycles. The van der Waals surface area contributed by atoms with Gasteiger partial charge in [0.15, 0.2) is 10.4 Å². The minimum atomic E-state index is -1.11. The molecule has 6 nitrogen and oxygen atoms in total. The fourth-order valence-corrected chi connectivity index (χ4v) is 1.71. The SMILES string of the molecule is Cn1cnc2c(C(=O)O)snc2c1=O. The third-order valence-corrected chi connectivity index (χ3v) is 2.57. The predicted molar refractivity (Wildman–Crippen MR) is 49.6 cm³/mol. The highest BCUT2D eigenvalue weighted by Crippen LogP contribution is 2.16. The summed E-state index contributed by atoms with van der Waals surface area (Å²) in [6.07, 6.45) is 1.28. The average Bonchev–Trinajstić information content (AvgIpc) is 2.55. The van der Waals surface area contributed by atoms with Crippen LogP contribution in [0, 0.1) is 0 Å². The smallest absolute Gasteiger partial charge is 0.349 e. The number of nitrogens with zero attached hydrogens (tertiary/aromatic N) is 3. The number of hydrogen-bond acceptors (Lipinski definition) is 5. The van der Waals surface area contributed by atoms with E-state index in [0.717, 1.165) is 11.5 Å². The van der Waals surface area contributed by atoms with Gasteiger partial charge in [0.25, 0.3) is 5.56 Å². The number of fused-ring (bicyclic) bond motifs is 1. The molecule has 0 spiro atoms. The van der Waals surface area contributed by atoms with Crippen molar-refractivity contribution in [2.45, 2.75) is 0 Å². The summed E-state index contributed by atoms with van der Waals surface area (Å²) in [6, 6.07) is 0. The first-order valence-corrected chi connectivity index (χ1v) is 4.43. The maximum atomic E-state index is 11.4. The van der Waals surface area contributed by atoms with E-state index in [1.165, 1.54) is 17.9 Å².